The van der Waals surface area contributed by atoms with Crippen LogP contribution in [0.4, 0.5) is 0 Å². The number of hydrogen-bond acceptors (Lipinski definition) is 20. The third-order valence-corrected chi connectivity index (χ3v) is 19.7. The van der Waals surface area contributed by atoms with Gasteiger partial charge in [0.2, 0.25) is 0 Å². The van der Waals surface area contributed by atoms with E-state index in [-0.39, 0.29) is 23.0 Å². The van der Waals surface area contributed by atoms with Crippen molar-refractivity contribution in [2.75, 3.05) is 13.2 Å². The average Bonchev–Trinajstić information content (AvgIpc) is 3.79. The first-order chi connectivity index (χ1) is 33.6. The van der Waals surface area contributed by atoms with E-state index in [1.54, 1.807) is 0 Å². The number of ether oxygens (including phenoxy) is 10. The Hall–Kier alpha value is -1.06. The van der Waals surface area contributed by atoms with Crippen LogP contribution in [0, 0.1) is 46.3 Å². The zero-order valence-electron chi connectivity index (χ0n) is 42.1. The molecular formula is C51H82O20. The van der Waals surface area contributed by atoms with Crippen LogP contribution in [0.3, 0.4) is 0 Å². The molecule has 20 heteroatoms. The van der Waals surface area contributed by atoms with Crippen LogP contribution in [-0.4, -0.2) is 205 Å². The largest absolute Gasteiger partial charge is 0.388 e. The first-order valence-corrected chi connectivity index (χ1v) is 26.6. The molecule has 1 spiro atoms. The monoisotopic (exact) mass is 1010 g/mol. The molecule has 0 aromatic carbocycles. The number of hydrogen-bond donors (Lipinski definition) is 10. The van der Waals surface area contributed by atoms with Gasteiger partial charge < -0.3 is 98.4 Å². The highest BCUT2D eigenvalue weighted by molar-refractivity contribution is 5.26. The number of rotatable bonds is 9. The molecule has 6 saturated heterocycles. The Balaban J connectivity index is 0.785. The summed E-state index contributed by atoms with van der Waals surface area (Å²) in [6, 6.07) is 0. The van der Waals surface area contributed by atoms with Crippen LogP contribution >= 0.6 is 0 Å². The standard InChI is InChI=1S/C51H82O20/c1-20-10-15-51(63-18-20)21(2)32-30(71-51)17-29-27-9-8-25-16-26(11-13-49(25,6)28(27)12-14-50(29,32)7)67-46-42(61)38(57)36(55)31(68-46)19-62-47-43(39(58)34(53)23(4)65-47)70-48-44(40(59)35(54)24(5)66-48)69-45-41(60)37(56)33(52)22(3)64-45/h8,20-24,26-48,52-61H,9-19H2,1-7H3/t20-,21-,22+,23+,24+,26+,27+,28-,29-,30-,31-,32-,33+,34+,35+,36-,37-,38+,39-,40-,41+,42-,43+,44+,45-,46-,47+,48-,49+,50-,51+/m1/s1. The zero-order chi connectivity index (χ0) is 50.8. The molecule has 406 valence electrons. The van der Waals surface area contributed by atoms with Crippen molar-refractivity contribution in [3.8, 4) is 0 Å². The van der Waals surface area contributed by atoms with Gasteiger partial charge in [-0.3, -0.25) is 0 Å². The van der Waals surface area contributed by atoms with E-state index in [4.69, 9.17) is 47.4 Å². The van der Waals surface area contributed by atoms with Crippen LogP contribution in [0.15, 0.2) is 11.6 Å². The van der Waals surface area contributed by atoms with Gasteiger partial charge in [-0.1, -0.05) is 39.3 Å². The van der Waals surface area contributed by atoms with Crippen molar-refractivity contribution < 1.29 is 98.4 Å². The summed E-state index contributed by atoms with van der Waals surface area (Å²) in [7, 11) is 0. The highest BCUT2D eigenvalue weighted by Gasteiger charge is 2.69. The summed E-state index contributed by atoms with van der Waals surface area (Å²) < 4.78 is 61.7. The third kappa shape index (κ3) is 9.13. The van der Waals surface area contributed by atoms with Gasteiger partial charge in [0.15, 0.2) is 30.9 Å². The first kappa shape index (κ1) is 53.3. The summed E-state index contributed by atoms with van der Waals surface area (Å²) in [5.74, 6) is 2.62. The Kier molecular flexibility index (Phi) is 15.1. The van der Waals surface area contributed by atoms with Crippen molar-refractivity contribution in [1.82, 2.24) is 0 Å². The molecule has 31 atom stereocenters. The molecule has 10 aliphatic rings. The van der Waals surface area contributed by atoms with E-state index in [2.05, 4.69) is 33.8 Å². The second-order valence-electron chi connectivity index (χ2n) is 23.9. The van der Waals surface area contributed by atoms with E-state index in [0.717, 1.165) is 45.1 Å². The maximum Gasteiger partial charge on any atom is 0.187 e. The maximum atomic E-state index is 11.4. The summed E-state index contributed by atoms with van der Waals surface area (Å²) in [6.07, 6.45) is -19.0. The SMILES string of the molecule is C[C@@H]1CC[C@]2(OC1)O[C@@H]1C[C@@H]3[C@H]4CC=C5C[C@@H](O[C@@H]6O[C@H](CO[C@H]7O[C@@H](C)[C@H](O)[C@@H](O)[C@@H]7O[C@H]7O[C@@H](C)[C@H](O)[C@@H](O)[C@@H]7O[C@H]7O[C@@H](C)[C@H](O)[C@@H](O)[C@@H]7O)[C@@H](O)[C@H](O)[C@H]6O)CC[C@]5(C)[C@@H]4CC[C@@]3(C)[C@@H]1[C@H]2C. The smallest absolute Gasteiger partial charge is 0.187 e. The lowest BCUT2D eigenvalue weighted by Crippen LogP contribution is -2.66. The Morgan fingerprint density at radius 1 is 0.592 bits per heavy atom. The van der Waals surface area contributed by atoms with Gasteiger partial charge >= 0.3 is 0 Å². The minimum absolute atomic E-state index is 0.00951. The van der Waals surface area contributed by atoms with Gasteiger partial charge in [0.05, 0.1) is 43.7 Å². The Bertz CT molecular complexity index is 1890. The third-order valence-electron chi connectivity index (χ3n) is 19.7. The summed E-state index contributed by atoms with van der Waals surface area (Å²) in [4.78, 5) is 0. The van der Waals surface area contributed by atoms with Gasteiger partial charge in [0, 0.05) is 12.3 Å². The molecular weight excluding hydrogens is 933 g/mol. The highest BCUT2D eigenvalue weighted by atomic mass is 16.8. The Morgan fingerprint density at radius 3 is 1.85 bits per heavy atom. The fraction of sp³-hybridized carbons (Fsp3) is 0.961. The Morgan fingerprint density at radius 2 is 1.18 bits per heavy atom. The topological polar surface area (TPSA) is 295 Å². The number of aliphatic hydroxyl groups is 10. The molecule has 6 heterocycles. The van der Waals surface area contributed by atoms with Crippen molar-refractivity contribution in [3.05, 3.63) is 11.6 Å². The van der Waals surface area contributed by atoms with Gasteiger partial charge in [-0.25, -0.2) is 0 Å². The quantitative estimate of drug-likeness (QED) is 0.137. The molecule has 3 saturated carbocycles. The lowest BCUT2D eigenvalue weighted by molar-refractivity contribution is -0.391. The fourth-order valence-electron chi connectivity index (χ4n) is 15.3. The lowest BCUT2D eigenvalue weighted by atomic mass is 9.47. The van der Waals surface area contributed by atoms with E-state index in [1.807, 2.05) is 0 Å². The van der Waals surface area contributed by atoms with Crippen LogP contribution < -0.4 is 0 Å². The molecule has 0 unspecified atom stereocenters. The van der Waals surface area contributed by atoms with Crippen LogP contribution in [0.1, 0.15) is 106 Å². The minimum Gasteiger partial charge on any atom is -0.388 e. The molecule has 9 fully saturated rings. The second kappa shape index (κ2) is 20.1. The molecule has 20 nitrogen and oxygen atoms in total. The predicted octanol–water partition coefficient (Wildman–Crippen LogP) is 0.0935. The Labute approximate surface area is 415 Å². The fourth-order valence-corrected chi connectivity index (χ4v) is 15.3. The summed E-state index contributed by atoms with van der Waals surface area (Å²) >= 11 is 0. The molecule has 10 rings (SSSR count). The predicted molar refractivity (Wildman–Crippen MR) is 244 cm³/mol. The van der Waals surface area contributed by atoms with Gasteiger partial charge in [0.1, 0.15) is 79.4 Å². The zero-order valence-corrected chi connectivity index (χ0v) is 42.1. The van der Waals surface area contributed by atoms with Gasteiger partial charge in [-0.15, -0.1) is 0 Å². The van der Waals surface area contributed by atoms with E-state index < -0.39 is 135 Å². The van der Waals surface area contributed by atoms with Crippen molar-refractivity contribution in [2.45, 2.75) is 247 Å². The minimum atomic E-state index is -1.79. The molecule has 0 aromatic rings. The summed E-state index contributed by atoms with van der Waals surface area (Å²) in [6.45, 7) is 14.3. The van der Waals surface area contributed by atoms with Crippen LogP contribution in [0.5, 0.6) is 0 Å². The normalized spacial score (nSPS) is 58.4. The van der Waals surface area contributed by atoms with E-state index in [0.29, 0.717) is 48.3 Å². The summed E-state index contributed by atoms with van der Waals surface area (Å²) in [5, 5.41) is 109. The van der Waals surface area contributed by atoms with Gasteiger partial charge in [0.25, 0.3) is 0 Å². The molecule has 6 aliphatic heterocycles. The van der Waals surface area contributed by atoms with E-state index in [1.165, 1.54) is 32.8 Å². The van der Waals surface area contributed by atoms with E-state index >= 15 is 0 Å². The first-order valence-electron chi connectivity index (χ1n) is 26.6. The van der Waals surface area contributed by atoms with Crippen molar-refractivity contribution >= 4 is 0 Å². The molecule has 0 bridgehead atoms. The van der Waals surface area contributed by atoms with Crippen LogP contribution in [0.2, 0.25) is 0 Å². The van der Waals surface area contributed by atoms with Crippen molar-refractivity contribution in [1.29, 1.82) is 0 Å². The number of allylic oxidation sites excluding steroid dienone is 1. The molecule has 4 aliphatic carbocycles. The molecule has 10 N–H and O–H groups in total. The van der Waals surface area contributed by atoms with Crippen molar-refractivity contribution in [3.63, 3.8) is 0 Å². The van der Waals surface area contributed by atoms with E-state index in [9.17, 15) is 51.1 Å². The maximum absolute atomic E-state index is 11.4. The van der Waals surface area contributed by atoms with Crippen molar-refractivity contribution in [2.24, 2.45) is 46.3 Å². The number of fused-ring (bicyclic) bond motifs is 7. The highest BCUT2D eigenvalue weighted by Crippen LogP contribution is 2.70. The molecule has 71 heavy (non-hydrogen) atoms. The van der Waals surface area contributed by atoms with Gasteiger partial charge in [-0.05, 0) is 113 Å². The molecule has 0 amide bonds. The second-order valence-corrected chi connectivity index (χ2v) is 23.9. The van der Waals surface area contributed by atoms with Gasteiger partial charge in [-0.2, -0.15) is 0 Å². The molecule has 0 aromatic heterocycles. The summed E-state index contributed by atoms with van der Waals surface area (Å²) in [5.41, 5.74) is 1.54. The molecule has 0 radical (unpaired) electrons. The van der Waals surface area contributed by atoms with Crippen LogP contribution in [0.25, 0.3) is 0 Å². The number of aliphatic hydroxyl groups excluding tert-OH is 10. The van der Waals surface area contributed by atoms with Crippen LogP contribution in [-0.2, 0) is 47.4 Å². The average molecular weight is 1020 g/mol. The lowest BCUT2D eigenvalue weighted by Gasteiger charge is -2.58.